The van der Waals surface area contributed by atoms with E-state index in [0.29, 0.717) is 12.5 Å². The lowest BCUT2D eigenvalue weighted by Crippen LogP contribution is -2.21. The third-order valence-electron chi connectivity index (χ3n) is 0.780. The van der Waals surface area contributed by atoms with Gasteiger partial charge in [-0.3, -0.25) is 0 Å². The Morgan fingerprint density at radius 3 is 2.62 bits per heavy atom. The van der Waals surface area contributed by atoms with E-state index >= 15 is 0 Å². The lowest BCUT2D eigenvalue weighted by Gasteiger charge is -2.01. The summed E-state index contributed by atoms with van der Waals surface area (Å²) in [5, 5.41) is 2.97. The Bertz CT molecular complexity index is 61.5. The molecule has 0 aromatic heterocycles. The van der Waals surface area contributed by atoms with E-state index in [1.54, 1.807) is 0 Å². The minimum absolute atomic E-state index is 0.484. The van der Waals surface area contributed by atoms with Crippen molar-refractivity contribution in [3.05, 3.63) is 0 Å². The van der Waals surface area contributed by atoms with Crippen molar-refractivity contribution in [1.29, 1.82) is 0 Å². The third kappa shape index (κ3) is 5.63. The summed E-state index contributed by atoms with van der Waals surface area (Å²) in [4.78, 5) is 9.72. The molecule has 0 fully saturated rings. The fourth-order valence-electron chi connectivity index (χ4n) is 0.431. The molecule has 1 N–H and O–H groups in total. The molecule has 0 heterocycles. The quantitative estimate of drug-likeness (QED) is 0.425. The molecule has 0 unspecified atom stereocenters. The zero-order valence-electron chi connectivity index (χ0n) is 5.48. The second-order valence-corrected chi connectivity index (χ2v) is 2.22. The van der Waals surface area contributed by atoms with Crippen molar-refractivity contribution in [3.8, 4) is 0 Å². The molecule has 8 heavy (non-hydrogen) atoms. The summed E-state index contributed by atoms with van der Waals surface area (Å²) >= 11 is 0. The first-order valence-electron chi connectivity index (χ1n) is 2.91. The van der Waals surface area contributed by atoms with Crippen LogP contribution in [0.3, 0.4) is 0 Å². The summed E-state index contributed by atoms with van der Waals surface area (Å²) in [5.41, 5.74) is 0. The highest BCUT2D eigenvalue weighted by atomic mass is 16.1. The molecule has 0 rings (SSSR count). The molecule has 0 aliphatic heterocycles. The van der Waals surface area contributed by atoms with E-state index in [0.717, 1.165) is 12.8 Å². The van der Waals surface area contributed by atoms with Gasteiger partial charge < -0.3 is 10.1 Å². The molecule has 0 amide bonds. The molecule has 2 heteroatoms. The molecule has 0 atom stereocenters. The van der Waals surface area contributed by atoms with Crippen LogP contribution in [0.5, 0.6) is 0 Å². The van der Waals surface area contributed by atoms with Gasteiger partial charge in [-0.25, -0.2) is 0 Å². The molecule has 48 valence electrons. The summed E-state index contributed by atoms with van der Waals surface area (Å²) in [5.74, 6) is 0.634. The van der Waals surface area contributed by atoms with Crippen LogP contribution in [0.2, 0.25) is 0 Å². The number of carbonyl (C=O) groups excluding carboxylic acids is 1. The van der Waals surface area contributed by atoms with E-state index < -0.39 is 0 Å². The van der Waals surface area contributed by atoms with Crippen LogP contribution in [0, 0.1) is 5.92 Å². The number of aldehydes is 1. The fraction of sp³-hybridized carbons (Fsp3) is 0.833. The van der Waals surface area contributed by atoms with Crippen molar-refractivity contribution in [2.75, 3.05) is 13.1 Å². The van der Waals surface area contributed by atoms with E-state index in [4.69, 9.17) is 0 Å². The Morgan fingerprint density at radius 2 is 2.25 bits per heavy atom. The van der Waals surface area contributed by atoms with Crippen molar-refractivity contribution in [2.45, 2.75) is 13.8 Å². The van der Waals surface area contributed by atoms with Gasteiger partial charge in [0.15, 0.2) is 0 Å². The van der Waals surface area contributed by atoms with Crippen LogP contribution in [0.4, 0.5) is 0 Å². The summed E-state index contributed by atoms with van der Waals surface area (Å²) < 4.78 is 0. The molecule has 0 spiro atoms. The Kier molecular flexibility index (Phi) is 4.56. The summed E-state index contributed by atoms with van der Waals surface area (Å²) in [6.45, 7) is 5.63. The number of nitrogens with one attached hydrogen (secondary N) is 1. The van der Waals surface area contributed by atoms with E-state index in [-0.39, 0.29) is 0 Å². The van der Waals surface area contributed by atoms with Crippen LogP contribution in [0.15, 0.2) is 0 Å². The van der Waals surface area contributed by atoms with Gasteiger partial charge in [-0.15, -0.1) is 0 Å². The van der Waals surface area contributed by atoms with Crippen molar-refractivity contribution in [3.63, 3.8) is 0 Å². The van der Waals surface area contributed by atoms with Gasteiger partial charge in [0.2, 0.25) is 0 Å². The van der Waals surface area contributed by atoms with Crippen LogP contribution in [-0.4, -0.2) is 19.4 Å². The molecular weight excluding hydrogens is 102 g/mol. The number of rotatable bonds is 4. The van der Waals surface area contributed by atoms with E-state index in [2.05, 4.69) is 19.2 Å². The summed E-state index contributed by atoms with van der Waals surface area (Å²) in [6.07, 6.45) is 0.877. The second-order valence-electron chi connectivity index (χ2n) is 2.22. The summed E-state index contributed by atoms with van der Waals surface area (Å²) in [6, 6.07) is 0. The van der Waals surface area contributed by atoms with Gasteiger partial charge >= 0.3 is 0 Å². The van der Waals surface area contributed by atoms with Gasteiger partial charge in [0.05, 0.1) is 6.54 Å². The average Bonchev–Trinajstić information content (AvgIpc) is 1.66. The van der Waals surface area contributed by atoms with E-state index in [1.807, 2.05) is 0 Å². The molecule has 0 aromatic carbocycles. The Labute approximate surface area is 50.3 Å². The minimum Gasteiger partial charge on any atom is -0.310 e. The molecule has 0 aliphatic rings. The molecule has 0 aliphatic carbocycles. The van der Waals surface area contributed by atoms with E-state index in [9.17, 15) is 4.79 Å². The molecule has 0 radical (unpaired) electrons. The Morgan fingerprint density at radius 1 is 1.62 bits per heavy atom. The Hall–Kier alpha value is -0.370. The van der Waals surface area contributed by atoms with Crippen molar-refractivity contribution in [2.24, 2.45) is 5.92 Å². The zero-order valence-corrected chi connectivity index (χ0v) is 5.48. The van der Waals surface area contributed by atoms with Crippen LogP contribution < -0.4 is 5.32 Å². The van der Waals surface area contributed by atoms with Gasteiger partial charge in [0.1, 0.15) is 6.29 Å². The predicted molar refractivity (Wildman–Crippen MR) is 33.8 cm³/mol. The summed E-state index contributed by atoms with van der Waals surface area (Å²) in [7, 11) is 0. The van der Waals surface area contributed by atoms with Gasteiger partial charge in [-0.1, -0.05) is 13.8 Å². The van der Waals surface area contributed by atoms with Crippen molar-refractivity contribution < 1.29 is 4.79 Å². The standard InChI is InChI=1S/C6H13NO/c1-6(2)5-7-3-4-8/h4,6-7H,3,5H2,1-2H3. The second kappa shape index (κ2) is 4.78. The predicted octanol–water partition coefficient (Wildman–Crippen LogP) is 0.431. The van der Waals surface area contributed by atoms with Crippen LogP contribution in [0.25, 0.3) is 0 Å². The highest BCUT2D eigenvalue weighted by Gasteiger charge is 1.88. The van der Waals surface area contributed by atoms with Gasteiger partial charge in [-0.05, 0) is 12.5 Å². The fourth-order valence-corrected chi connectivity index (χ4v) is 0.431. The van der Waals surface area contributed by atoms with Gasteiger partial charge in [0.25, 0.3) is 0 Å². The SMILES string of the molecule is CC(C)CNCC=O. The Balaban J connectivity index is 2.81. The maximum absolute atomic E-state index is 9.72. The van der Waals surface area contributed by atoms with Gasteiger partial charge in [-0.2, -0.15) is 0 Å². The normalized spacial score (nSPS) is 9.88. The molecule has 0 bridgehead atoms. The average molecular weight is 115 g/mol. The van der Waals surface area contributed by atoms with Crippen molar-refractivity contribution >= 4 is 6.29 Å². The first-order chi connectivity index (χ1) is 3.77. The minimum atomic E-state index is 0.484. The zero-order chi connectivity index (χ0) is 6.41. The highest BCUT2D eigenvalue weighted by Crippen LogP contribution is 1.84. The largest absolute Gasteiger partial charge is 0.310 e. The number of carbonyl (C=O) groups is 1. The molecular formula is C6H13NO. The first kappa shape index (κ1) is 7.63. The smallest absolute Gasteiger partial charge is 0.133 e. The third-order valence-corrected chi connectivity index (χ3v) is 0.780. The molecule has 0 saturated heterocycles. The van der Waals surface area contributed by atoms with Crippen LogP contribution >= 0.6 is 0 Å². The molecule has 0 saturated carbocycles. The first-order valence-corrected chi connectivity index (χ1v) is 2.91. The topological polar surface area (TPSA) is 29.1 Å². The lowest BCUT2D eigenvalue weighted by molar-refractivity contribution is -0.107. The lowest BCUT2D eigenvalue weighted by atomic mass is 10.2. The number of hydrogen-bond donors (Lipinski definition) is 1. The van der Waals surface area contributed by atoms with Crippen LogP contribution in [-0.2, 0) is 4.79 Å². The monoisotopic (exact) mass is 115 g/mol. The molecule has 0 aromatic rings. The maximum Gasteiger partial charge on any atom is 0.133 e. The van der Waals surface area contributed by atoms with Crippen LogP contribution in [0.1, 0.15) is 13.8 Å². The van der Waals surface area contributed by atoms with E-state index in [1.165, 1.54) is 0 Å². The van der Waals surface area contributed by atoms with Gasteiger partial charge in [0, 0.05) is 0 Å². The number of hydrogen-bond acceptors (Lipinski definition) is 2. The molecule has 2 nitrogen and oxygen atoms in total. The van der Waals surface area contributed by atoms with Crippen molar-refractivity contribution in [1.82, 2.24) is 5.32 Å². The maximum atomic E-state index is 9.72. The highest BCUT2D eigenvalue weighted by molar-refractivity contribution is 5.51.